The van der Waals surface area contributed by atoms with E-state index in [1.807, 2.05) is 0 Å². The standard InChI is InChI=1S/C29H25ClN2O5/c1-28(2,3)37-27(36)32-23-12-8-7-11-21(23)29(26(32)35,18-9-5-4-6-10-18)22-17-24(33)31(25(22)34)20-15-13-19(30)14-16-20/h4-16,22H,17H2,1-3H3/t22-,29?/m1/s1. The lowest BCUT2D eigenvalue weighted by atomic mass is 9.65. The van der Waals surface area contributed by atoms with Gasteiger partial charge in [-0.3, -0.25) is 19.3 Å². The van der Waals surface area contributed by atoms with Crippen LogP contribution in [0, 0.1) is 5.92 Å². The van der Waals surface area contributed by atoms with Crippen molar-refractivity contribution in [2.75, 3.05) is 9.80 Å². The van der Waals surface area contributed by atoms with Crippen molar-refractivity contribution in [2.24, 2.45) is 5.92 Å². The Kier molecular flexibility index (Phi) is 5.91. The van der Waals surface area contributed by atoms with Gasteiger partial charge in [0.05, 0.1) is 17.3 Å². The molecule has 2 atom stereocenters. The molecule has 4 amide bonds. The van der Waals surface area contributed by atoms with E-state index in [-0.39, 0.29) is 6.42 Å². The lowest BCUT2D eigenvalue weighted by Crippen LogP contribution is -2.51. The Bertz CT molecular complexity index is 1410. The molecule has 2 aliphatic heterocycles. The predicted molar refractivity (Wildman–Crippen MR) is 139 cm³/mol. The Hall–Kier alpha value is -3.97. The number of imide groups is 2. The quantitative estimate of drug-likeness (QED) is 0.430. The Labute approximate surface area is 219 Å². The van der Waals surface area contributed by atoms with E-state index in [4.69, 9.17) is 16.3 Å². The minimum absolute atomic E-state index is 0.210. The molecule has 2 aliphatic rings. The van der Waals surface area contributed by atoms with Crippen LogP contribution in [0.15, 0.2) is 78.9 Å². The highest BCUT2D eigenvalue weighted by Crippen LogP contribution is 2.54. The van der Waals surface area contributed by atoms with Crippen molar-refractivity contribution in [3.05, 3.63) is 95.0 Å². The van der Waals surface area contributed by atoms with E-state index in [9.17, 15) is 19.2 Å². The number of para-hydroxylation sites is 1. The molecule has 1 saturated heterocycles. The summed E-state index contributed by atoms with van der Waals surface area (Å²) in [6.07, 6.45) is -1.05. The van der Waals surface area contributed by atoms with Crippen molar-refractivity contribution in [2.45, 2.75) is 38.2 Å². The Morgan fingerprint density at radius 1 is 0.919 bits per heavy atom. The zero-order valence-electron chi connectivity index (χ0n) is 20.6. The Morgan fingerprint density at radius 2 is 1.54 bits per heavy atom. The second-order valence-electron chi connectivity index (χ2n) is 10.1. The molecule has 0 radical (unpaired) electrons. The van der Waals surface area contributed by atoms with Gasteiger partial charge in [0.1, 0.15) is 11.0 Å². The fourth-order valence-corrected chi connectivity index (χ4v) is 5.37. The number of ether oxygens (including phenoxy) is 1. The third-order valence-electron chi connectivity index (χ3n) is 6.67. The molecule has 5 rings (SSSR count). The summed E-state index contributed by atoms with van der Waals surface area (Å²) in [5, 5.41) is 0.466. The summed E-state index contributed by atoms with van der Waals surface area (Å²) in [5.74, 6) is -2.67. The van der Waals surface area contributed by atoms with E-state index in [1.54, 1.807) is 99.6 Å². The number of carbonyl (C=O) groups is 4. The third kappa shape index (κ3) is 3.90. The second-order valence-corrected chi connectivity index (χ2v) is 10.5. The molecule has 0 bridgehead atoms. The van der Waals surface area contributed by atoms with E-state index in [0.717, 1.165) is 9.80 Å². The molecule has 0 aromatic heterocycles. The molecule has 2 heterocycles. The number of hydrogen-bond acceptors (Lipinski definition) is 5. The summed E-state index contributed by atoms with van der Waals surface area (Å²) in [7, 11) is 0. The first-order chi connectivity index (χ1) is 17.6. The number of halogens is 1. The van der Waals surface area contributed by atoms with E-state index in [2.05, 4.69) is 0 Å². The molecule has 188 valence electrons. The zero-order chi connectivity index (χ0) is 26.5. The van der Waals surface area contributed by atoms with Crippen LogP contribution in [-0.4, -0.2) is 29.4 Å². The van der Waals surface area contributed by atoms with E-state index in [1.165, 1.54) is 0 Å². The fraction of sp³-hybridized carbons (Fsp3) is 0.241. The number of benzene rings is 3. The summed E-state index contributed by atoms with van der Waals surface area (Å²) >= 11 is 6.01. The van der Waals surface area contributed by atoms with E-state index >= 15 is 0 Å². The number of hydrogen-bond donors (Lipinski definition) is 0. The molecule has 0 N–H and O–H groups in total. The molecule has 0 spiro atoms. The molecule has 3 aromatic carbocycles. The van der Waals surface area contributed by atoms with Gasteiger partial charge in [-0.2, -0.15) is 0 Å². The van der Waals surface area contributed by atoms with Gasteiger partial charge in [0.15, 0.2) is 0 Å². The average Bonchev–Trinajstić information content (AvgIpc) is 3.29. The van der Waals surface area contributed by atoms with Gasteiger partial charge in [-0.15, -0.1) is 0 Å². The fourth-order valence-electron chi connectivity index (χ4n) is 5.24. The maximum atomic E-state index is 14.5. The highest BCUT2D eigenvalue weighted by Gasteiger charge is 2.64. The molecular formula is C29H25ClN2O5. The van der Waals surface area contributed by atoms with Crippen LogP contribution in [-0.2, 0) is 24.5 Å². The smallest absolute Gasteiger partial charge is 0.421 e. The number of rotatable bonds is 3. The molecule has 1 unspecified atom stereocenters. The van der Waals surface area contributed by atoms with Crippen LogP contribution in [0.4, 0.5) is 16.2 Å². The van der Waals surface area contributed by atoms with Crippen LogP contribution in [0.3, 0.4) is 0 Å². The van der Waals surface area contributed by atoms with Gasteiger partial charge in [-0.1, -0.05) is 60.1 Å². The third-order valence-corrected chi connectivity index (χ3v) is 6.92. The Balaban J connectivity index is 1.71. The summed E-state index contributed by atoms with van der Waals surface area (Å²) in [6, 6.07) is 22.0. The predicted octanol–water partition coefficient (Wildman–Crippen LogP) is 5.49. The van der Waals surface area contributed by atoms with Gasteiger partial charge in [0.2, 0.25) is 11.8 Å². The van der Waals surface area contributed by atoms with Crippen LogP contribution in [0.5, 0.6) is 0 Å². The molecule has 37 heavy (non-hydrogen) atoms. The topological polar surface area (TPSA) is 84.0 Å². The highest BCUT2D eigenvalue weighted by molar-refractivity contribution is 6.31. The Morgan fingerprint density at radius 3 is 2.19 bits per heavy atom. The molecule has 8 heteroatoms. The number of amides is 4. The average molecular weight is 517 g/mol. The summed E-state index contributed by atoms with van der Waals surface area (Å²) < 4.78 is 5.58. The number of carbonyl (C=O) groups excluding carboxylic acids is 4. The zero-order valence-corrected chi connectivity index (χ0v) is 21.4. The monoisotopic (exact) mass is 516 g/mol. The highest BCUT2D eigenvalue weighted by atomic mass is 35.5. The van der Waals surface area contributed by atoms with Crippen molar-refractivity contribution < 1.29 is 23.9 Å². The molecule has 1 fully saturated rings. The first-order valence-corrected chi connectivity index (χ1v) is 12.3. The summed E-state index contributed by atoms with van der Waals surface area (Å²) in [4.78, 5) is 57.2. The van der Waals surface area contributed by atoms with Crippen molar-refractivity contribution in [3.8, 4) is 0 Å². The van der Waals surface area contributed by atoms with Gasteiger partial charge in [-0.25, -0.2) is 9.69 Å². The SMILES string of the molecule is CC(C)(C)OC(=O)N1C(=O)C(c2ccccc2)([C@@H]2CC(=O)N(c3ccc(Cl)cc3)C2=O)c2ccccc21. The molecule has 7 nitrogen and oxygen atoms in total. The lowest BCUT2D eigenvalue weighted by molar-refractivity contribution is -0.130. The molecule has 3 aromatic rings. The normalized spacial score (nSPS) is 21.4. The minimum Gasteiger partial charge on any atom is -0.443 e. The maximum Gasteiger partial charge on any atom is 0.421 e. The van der Waals surface area contributed by atoms with Crippen LogP contribution >= 0.6 is 11.6 Å². The van der Waals surface area contributed by atoms with Crippen LogP contribution in [0.25, 0.3) is 0 Å². The largest absolute Gasteiger partial charge is 0.443 e. The first-order valence-electron chi connectivity index (χ1n) is 11.9. The number of nitrogens with zero attached hydrogens (tertiary/aromatic N) is 2. The molecular weight excluding hydrogens is 492 g/mol. The van der Waals surface area contributed by atoms with E-state index < -0.39 is 40.7 Å². The second kappa shape index (κ2) is 8.85. The van der Waals surface area contributed by atoms with Gasteiger partial charge < -0.3 is 4.74 Å². The van der Waals surface area contributed by atoms with Gasteiger partial charge in [-0.05, 0) is 62.2 Å². The minimum atomic E-state index is -1.61. The van der Waals surface area contributed by atoms with Gasteiger partial charge >= 0.3 is 6.09 Å². The van der Waals surface area contributed by atoms with Gasteiger partial charge in [0, 0.05) is 11.4 Å². The number of fused-ring (bicyclic) bond motifs is 1. The van der Waals surface area contributed by atoms with E-state index in [0.29, 0.717) is 27.5 Å². The van der Waals surface area contributed by atoms with Crippen molar-refractivity contribution in [1.82, 2.24) is 0 Å². The molecule has 0 aliphatic carbocycles. The lowest BCUT2D eigenvalue weighted by Gasteiger charge is -2.33. The maximum absolute atomic E-state index is 14.5. The van der Waals surface area contributed by atoms with Crippen LogP contribution < -0.4 is 9.80 Å². The van der Waals surface area contributed by atoms with Crippen LogP contribution in [0.2, 0.25) is 5.02 Å². The summed E-state index contributed by atoms with van der Waals surface area (Å²) in [5.41, 5.74) is -0.773. The van der Waals surface area contributed by atoms with Crippen LogP contribution in [0.1, 0.15) is 38.3 Å². The molecule has 0 saturated carbocycles. The first kappa shape index (κ1) is 24.7. The summed E-state index contributed by atoms with van der Waals surface area (Å²) in [6.45, 7) is 5.14. The van der Waals surface area contributed by atoms with Crippen molar-refractivity contribution >= 4 is 46.8 Å². The number of anilines is 2. The van der Waals surface area contributed by atoms with Crippen molar-refractivity contribution in [1.29, 1.82) is 0 Å². The van der Waals surface area contributed by atoms with Crippen molar-refractivity contribution in [3.63, 3.8) is 0 Å². The van der Waals surface area contributed by atoms with Gasteiger partial charge in [0.25, 0.3) is 5.91 Å².